The third-order valence-corrected chi connectivity index (χ3v) is 4.66. The van der Waals surface area contributed by atoms with E-state index in [4.69, 9.17) is 0 Å². The number of fused-ring (bicyclic) bond motifs is 1. The van der Waals surface area contributed by atoms with Crippen molar-refractivity contribution in [1.29, 1.82) is 0 Å². The van der Waals surface area contributed by atoms with E-state index in [9.17, 15) is 14.9 Å². The van der Waals surface area contributed by atoms with Crippen LogP contribution < -0.4 is 5.32 Å². The van der Waals surface area contributed by atoms with E-state index >= 15 is 0 Å². The molecule has 0 unspecified atom stereocenters. The quantitative estimate of drug-likeness (QED) is 0.648. The molecular formula is C20H22N2O3. The fourth-order valence-electron chi connectivity index (χ4n) is 3.28. The summed E-state index contributed by atoms with van der Waals surface area (Å²) in [6, 6.07) is 12.8. The number of nitrogens with zero attached hydrogens (tertiary/aromatic N) is 1. The van der Waals surface area contributed by atoms with Crippen molar-refractivity contribution in [1.82, 2.24) is 5.32 Å². The molecule has 0 spiro atoms. The average Bonchev–Trinajstić information content (AvgIpc) is 2.62. The molecule has 0 aliphatic heterocycles. The number of non-ortho nitro benzene ring substituents is 1. The van der Waals surface area contributed by atoms with Gasteiger partial charge in [0.05, 0.1) is 11.3 Å². The van der Waals surface area contributed by atoms with Crippen LogP contribution in [0.2, 0.25) is 0 Å². The highest BCUT2D eigenvalue weighted by atomic mass is 16.6. The van der Waals surface area contributed by atoms with Gasteiger partial charge in [0.1, 0.15) is 0 Å². The smallest absolute Gasteiger partial charge is 0.269 e. The summed E-state index contributed by atoms with van der Waals surface area (Å²) in [7, 11) is 0. The van der Waals surface area contributed by atoms with Gasteiger partial charge in [0.2, 0.25) is 5.91 Å². The molecule has 1 amide bonds. The molecule has 0 radical (unpaired) electrons. The summed E-state index contributed by atoms with van der Waals surface area (Å²) in [6.07, 6.45) is 5.82. The lowest BCUT2D eigenvalue weighted by Crippen LogP contribution is -2.27. The Morgan fingerprint density at radius 1 is 1.00 bits per heavy atom. The molecule has 3 rings (SSSR count). The number of carbonyl (C=O) groups is 1. The minimum absolute atomic E-state index is 0.0117. The number of nitro benzene ring substituents is 1. The van der Waals surface area contributed by atoms with Crippen molar-refractivity contribution in [2.24, 2.45) is 0 Å². The van der Waals surface area contributed by atoms with Crippen LogP contribution in [-0.2, 0) is 30.5 Å². The Labute approximate surface area is 147 Å². The van der Waals surface area contributed by atoms with Gasteiger partial charge in [-0.25, -0.2) is 0 Å². The summed E-state index contributed by atoms with van der Waals surface area (Å²) < 4.78 is 0. The number of rotatable bonds is 6. The zero-order chi connectivity index (χ0) is 17.6. The molecule has 130 valence electrons. The summed E-state index contributed by atoms with van der Waals surface area (Å²) in [5.41, 5.74) is 4.93. The van der Waals surface area contributed by atoms with Gasteiger partial charge >= 0.3 is 0 Å². The predicted molar refractivity (Wildman–Crippen MR) is 96.6 cm³/mol. The fraction of sp³-hybridized carbons (Fsp3) is 0.350. The second-order valence-corrected chi connectivity index (χ2v) is 6.51. The van der Waals surface area contributed by atoms with Crippen LogP contribution in [0.3, 0.4) is 0 Å². The largest absolute Gasteiger partial charge is 0.355 e. The van der Waals surface area contributed by atoms with Crippen LogP contribution in [0.5, 0.6) is 0 Å². The van der Waals surface area contributed by atoms with Crippen molar-refractivity contribution >= 4 is 11.6 Å². The Hall–Kier alpha value is -2.69. The van der Waals surface area contributed by atoms with Crippen molar-refractivity contribution in [2.75, 3.05) is 6.54 Å². The third-order valence-electron chi connectivity index (χ3n) is 4.66. The Morgan fingerprint density at radius 2 is 1.68 bits per heavy atom. The van der Waals surface area contributed by atoms with Crippen LogP contribution in [0, 0.1) is 10.1 Å². The maximum absolute atomic E-state index is 12.1. The molecule has 5 nitrogen and oxygen atoms in total. The van der Waals surface area contributed by atoms with Gasteiger partial charge in [0.25, 0.3) is 5.69 Å². The molecule has 25 heavy (non-hydrogen) atoms. The van der Waals surface area contributed by atoms with E-state index in [0.717, 1.165) is 24.0 Å². The molecule has 0 atom stereocenters. The first-order valence-electron chi connectivity index (χ1n) is 8.72. The second-order valence-electron chi connectivity index (χ2n) is 6.51. The van der Waals surface area contributed by atoms with Gasteiger partial charge in [-0.3, -0.25) is 14.9 Å². The molecular weight excluding hydrogens is 316 g/mol. The molecule has 1 aliphatic carbocycles. The summed E-state index contributed by atoms with van der Waals surface area (Å²) in [4.78, 5) is 22.3. The highest BCUT2D eigenvalue weighted by molar-refractivity contribution is 5.78. The van der Waals surface area contributed by atoms with E-state index in [0.29, 0.717) is 19.4 Å². The number of nitro groups is 1. The molecule has 5 heteroatoms. The standard InChI is InChI=1S/C20H22N2O3/c23-20(14-16-5-8-17-3-1-2-4-18(17)13-16)21-12-11-15-6-9-19(10-7-15)22(24)25/h5-10,13H,1-4,11-12,14H2,(H,21,23). The molecule has 0 bridgehead atoms. The van der Waals surface area contributed by atoms with Crippen LogP contribution in [-0.4, -0.2) is 17.4 Å². The third kappa shape index (κ3) is 4.66. The van der Waals surface area contributed by atoms with Crippen molar-refractivity contribution < 1.29 is 9.72 Å². The zero-order valence-corrected chi connectivity index (χ0v) is 14.2. The zero-order valence-electron chi connectivity index (χ0n) is 14.2. The fourth-order valence-corrected chi connectivity index (χ4v) is 3.28. The average molecular weight is 338 g/mol. The maximum Gasteiger partial charge on any atom is 0.269 e. The Morgan fingerprint density at radius 3 is 2.40 bits per heavy atom. The van der Waals surface area contributed by atoms with Crippen LogP contribution in [0.25, 0.3) is 0 Å². The second kappa shape index (κ2) is 7.92. The molecule has 2 aromatic rings. The highest BCUT2D eigenvalue weighted by Gasteiger charge is 2.11. The van der Waals surface area contributed by atoms with Crippen molar-refractivity contribution in [3.05, 3.63) is 74.8 Å². The minimum Gasteiger partial charge on any atom is -0.355 e. The van der Waals surface area contributed by atoms with Gasteiger partial charge < -0.3 is 5.32 Å². The number of amides is 1. The normalized spacial score (nSPS) is 13.1. The molecule has 0 saturated heterocycles. The SMILES string of the molecule is O=C(Cc1ccc2c(c1)CCCC2)NCCc1ccc([N+](=O)[O-])cc1. The van der Waals surface area contributed by atoms with Gasteiger partial charge in [0.15, 0.2) is 0 Å². The molecule has 2 aromatic carbocycles. The van der Waals surface area contributed by atoms with Crippen molar-refractivity contribution in [3.8, 4) is 0 Å². The molecule has 0 heterocycles. The Kier molecular flexibility index (Phi) is 5.43. The van der Waals surface area contributed by atoms with E-state index in [1.54, 1.807) is 12.1 Å². The lowest BCUT2D eigenvalue weighted by Gasteiger charge is -2.16. The van der Waals surface area contributed by atoms with Gasteiger partial charge in [0, 0.05) is 18.7 Å². The Balaban J connectivity index is 1.47. The van der Waals surface area contributed by atoms with Crippen LogP contribution in [0.1, 0.15) is 35.1 Å². The van der Waals surface area contributed by atoms with E-state index in [2.05, 4.69) is 23.5 Å². The summed E-state index contributed by atoms with van der Waals surface area (Å²) in [6.45, 7) is 0.529. The van der Waals surface area contributed by atoms with Gasteiger partial charge in [-0.1, -0.05) is 30.3 Å². The van der Waals surface area contributed by atoms with E-state index in [1.807, 2.05) is 0 Å². The molecule has 0 fully saturated rings. The Bertz CT molecular complexity index is 769. The van der Waals surface area contributed by atoms with Crippen molar-refractivity contribution in [3.63, 3.8) is 0 Å². The molecule has 1 aliphatic rings. The van der Waals surface area contributed by atoms with E-state index in [-0.39, 0.29) is 11.6 Å². The lowest BCUT2D eigenvalue weighted by atomic mass is 9.90. The number of hydrogen-bond donors (Lipinski definition) is 1. The van der Waals surface area contributed by atoms with Gasteiger partial charge in [-0.15, -0.1) is 0 Å². The first-order valence-corrected chi connectivity index (χ1v) is 8.72. The minimum atomic E-state index is -0.413. The maximum atomic E-state index is 12.1. The summed E-state index contributed by atoms with van der Waals surface area (Å²) in [5.74, 6) is 0.0117. The molecule has 0 saturated carbocycles. The highest BCUT2D eigenvalue weighted by Crippen LogP contribution is 2.22. The topological polar surface area (TPSA) is 72.2 Å². The first kappa shape index (κ1) is 17.1. The summed E-state index contributed by atoms with van der Waals surface area (Å²) >= 11 is 0. The van der Waals surface area contributed by atoms with E-state index in [1.165, 1.54) is 36.1 Å². The van der Waals surface area contributed by atoms with Crippen molar-refractivity contribution in [2.45, 2.75) is 38.5 Å². The number of benzene rings is 2. The number of nitrogens with one attached hydrogen (secondary N) is 1. The summed E-state index contributed by atoms with van der Waals surface area (Å²) in [5, 5.41) is 13.6. The van der Waals surface area contributed by atoms with Crippen LogP contribution in [0.15, 0.2) is 42.5 Å². The van der Waals surface area contributed by atoms with Crippen LogP contribution in [0.4, 0.5) is 5.69 Å². The monoisotopic (exact) mass is 338 g/mol. The molecule has 0 aromatic heterocycles. The van der Waals surface area contributed by atoms with Crippen LogP contribution >= 0.6 is 0 Å². The molecule has 1 N–H and O–H groups in total. The van der Waals surface area contributed by atoms with Gasteiger partial charge in [-0.2, -0.15) is 0 Å². The predicted octanol–water partition coefficient (Wildman–Crippen LogP) is 3.38. The van der Waals surface area contributed by atoms with E-state index < -0.39 is 4.92 Å². The first-order chi connectivity index (χ1) is 12.1. The van der Waals surface area contributed by atoms with Gasteiger partial charge in [-0.05, 0) is 54.4 Å². The number of hydrogen-bond acceptors (Lipinski definition) is 3. The lowest BCUT2D eigenvalue weighted by molar-refractivity contribution is -0.384. The number of carbonyl (C=O) groups excluding carboxylic acids is 1. The number of aryl methyl sites for hydroxylation is 2.